The van der Waals surface area contributed by atoms with Crippen molar-refractivity contribution in [1.29, 1.82) is 0 Å². The van der Waals surface area contributed by atoms with E-state index in [1.807, 2.05) is 227 Å². The summed E-state index contributed by atoms with van der Waals surface area (Å²) in [7, 11) is 0. The maximum Gasteiger partial charge on any atom is 0.153 e. The van der Waals surface area contributed by atoms with Gasteiger partial charge in [0.15, 0.2) is 23.3 Å². The van der Waals surface area contributed by atoms with Crippen molar-refractivity contribution in [3.63, 3.8) is 0 Å². The van der Waals surface area contributed by atoms with Crippen LogP contribution < -0.4 is 0 Å². The largest absolute Gasteiger partial charge is 0.206 e. The Kier molecular flexibility index (Phi) is 36.6. The molecule has 0 amide bonds. The predicted molar refractivity (Wildman–Crippen MR) is 580 cm³/mol. The zero-order valence-electron chi connectivity index (χ0n) is 77.0. The van der Waals surface area contributed by atoms with Crippen molar-refractivity contribution in [3.05, 3.63) is 467 Å². The number of thiocarbonyl (C=S) groups is 6. The lowest BCUT2D eigenvalue weighted by molar-refractivity contribution is 0.587. The molecule has 0 radical (unpaired) electrons. The molecular weight excluding hydrogens is 1930 g/mol. The molecule has 6 nitrogen and oxygen atoms in total. The van der Waals surface area contributed by atoms with Crippen molar-refractivity contribution >= 4 is 138 Å². The maximum absolute atomic E-state index is 14.5. The molecule has 0 aromatic heterocycles. The Morgan fingerprint density at radius 1 is 0.147 bits per heavy atom. The minimum absolute atomic E-state index is 0.0884. The second-order valence-electron chi connectivity index (χ2n) is 32.5. The molecule has 143 heavy (non-hydrogen) atoms. The summed E-state index contributed by atoms with van der Waals surface area (Å²) in [5.41, 5.74) is 24.3. The first kappa shape index (κ1) is 104. The molecular formula is C120H79F11N6S6. The Morgan fingerprint density at radius 2 is 0.329 bits per heavy atom. The van der Waals surface area contributed by atoms with Crippen LogP contribution in [0.25, 0.3) is 134 Å². The molecule has 0 saturated heterocycles. The van der Waals surface area contributed by atoms with Crippen molar-refractivity contribution in [3.8, 4) is 134 Å². The predicted octanol–water partition coefficient (Wildman–Crippen LogP) is 37.9. The molecule has 0 spiro atoms. The highest BCUT2D eigenvalue weighted by Gasteiger charge is 2.20. The molecule has 18 rings (SSSR count). The highest BCUT2D eigenvalue weighted by Crippen LogP contribution is 2.40. The van der Waals surface area contributed by atoms with Gasteiger partial charge in [-0.1, -0.05) is 295 Å². The lowest BCUT2D eigenvalue weighted by atomic mass is 9.98. The van der Waals surface area contributed by atoms with Crippen LogP contribution in [0, 0.1) is 106 Å². The van der Waals surface area contributed by atoms with Crippen LogP contribution in [0.4, 0.5) is 82.4 Å². The van der Waals surface area contributed by atoms with Crippen LogP contribution in [-0.4, -0.2) is 31.0 Å². The molecule has 0 aliphatic rings. The number of halogens is 11. The van der Waals surface area contributed by atoms with E-state index in [0.717, 1.165) is 95.6 Å². The van der Waals surface area contributed by atoms with Gasteiger partial charge < -0.3 is 0 Å². The molecule has 702 valence electrons. The standard InChI is InChI=1S/C20H12F3NS.3C20H13F2NS.2C20H14FNS/c1-12-2-4-13(5-3-12)14-6-7-16(17(21)8-14)15-9-18(22)20(24-11-25)19(23)10-15;1-13-2-8-18(19(21)10-13)15-5-9-17(20(22)11-15)14-3-6-16(7-4-14)23-12-24;1-13-2-4-14(5-3-13)15-6-8-17(18(21)10-15)16-7-9-20(23-12-24)19(22)11-16;1-13-2-4-14(5-3-13)15-6-8-16(9-7-15)17-10-18(21)20(23-12-24)19(22)11-17;1-14-2-4-15(5-3-14)17-8-11-19(20(21)12-17)16-6-9-18(10-7-16)22-13-23;1-14-2-4-15(5-3-14)16-6-8-17(9-7-16)18-10-11-20(22-13-23)19(21)12-18/h2-10H,1H3;3*2-11H,1H3;2*2-12H,1H3. The Balaban J connectivity index is 0.000000144. The molecule has 18 aromatic carbocycles. The van der Waals surface area contributed by atoms with E-state index in [1.54, 1.807) is 91.0 Å². The van der Waals surface area contributed by atoms with Crippen LogP contribution in [0.15, 0.2) is 400 Å². The van der Waals surface area contributed by atoms with Gasteiger partial charge in [-0.05, 0) is 329 Å². The van der Waals surface area contributed by atoms with Crippen molar-refractivity contribution in [2.24, 2.45) is 30.0 Å². The van der Waals surface area contributed by atoms with E-state index in [4.69, 9.17) is 0 Å². The molecule has 0 aliphatic heterocycles. The number of nitrogens with zero attached hydrogens (tertiary/aromatic N) is 6. The van der Waals surface area contributed by atoms with E-state index in [0.29, 0.717) is 61.4 Å². The van der Waals surface area contributed by atoms with Gasteiger partial charge in [0.2, 0.25) is 0 Å². The van der Waals surface area contributed by atoms with Crippen molar-refractivity contribution in [1.82, 2.24) is 0 Å². The first-order valence-corrected chi connectivity index (χ1v) is 46.3. The van der Waals surface area contributed by atoms with Gasteiger partial charge in [0, 0.05) is 27.8 Å². The first-order valence-electron chi connectivity index (χ1n) is 43.9. The summed E-state index contributed by atoms with van der Waals surface area (Å²) in [6, 6.07) is 108. The third-order valence-corrected chi connectivity index (χ3v) is 23.1. The van der Waals surface area contributed by atoms with Crippen LogP contribution in [0.2, 0.25) is 0 Å². The van der Waals surface area contributed by atoms with E-state index < -0.39 is 63.7 Å². The molecule has 0 bridgehead atoms. The molecule has 0 aliphatic carbocycles. The summed E-state index contributed by atoms with van der Waals surface area (Å²) in [6.07, 6.45) is 0. The number of aliphatic imine (C=N–C) groups is 6. The first-order chi connectivity index (χ1) is 69.1. The Morgan fingerprint density at radius 3 is 0.608 bits per heavy atom. The zero-order valence-corrected chi connectivity index (χ0v) is 81.9. The Hall–Kier alpha value is -16.0. The van der Waals surface area contributed by atoms with Gasteiger partial charge in [0.1, 0.15) is 63.5 Å². The van der Waals surface area contributed by atoms with Crippen LogP contribution >= 0.6 is 73.3 Å². The van der Waals surface area contributed by atoms with Crippen molar-refractivity contribution < 1.29 is 48.3 Å². The van der Waals surface area contributed by atoms with Gasteiger partial charge in [-0.2, -0.15) is 30.0 Å². The molecule has 23 heteroatoms. The maximum atomic E-state index is 14.5. The van der Waals surface area contributed by atoms with Crippen LogP contribution in [0.1, 0.15) is 33.4 Å². The molecule has 0 heterocycles. The summed E-state index contributed by atoms with van der Waals surface area (Å²) in [5.74, 6) is -6.30. The summed E-state index contributed by atoms with van der Waals surface area (Å²) in [5, 5.41) is 12.8. The van der Waals surface area contributed by atoms with Gasteiger partial charge in [0.25, 0.3) is 0 Å². The van der Waals surface area contributed by atoms with E-state index in [2.05, 4.69) is 155 Å². The number of rotatable bonds is 18. The minimum atomic E-state index is -0.922. The molecule has 0 fully saturated rings. The van der Waals surface area contributed by atoms with Crippen LogP contribution in [-0.2, 0) is 0 Å². The minimum Gasteiger partial charge on any atom is -0.206 e. The van der Waals surface area contributed by atoms with Crippen LogP contribution in [0.5, 0.6) is 0 Å². The van der Waals surface area contributed by atoms with E-state index in [-0.39, 0.29) is 34.1 Å². The number of isothiocyanates is 6. The molecule has 18 aromatic rings. The van der Waals surface area contributed by atoms with Gasteiger partial charge in [-0.25, -0.2) is 48.3 Å². The normalized spacial score (nSPS) is 10.3. The number of benzene rings is 18. The zero-order chi connectivity index (χ0) is 102. The molecule has 0 atom stereocenters. The fraction of sp³-hybridized carbons (Fsp3) is 0.0500. The highest BCUT2D eigenvalue weighted by atomic mass is 32.1. The molecule has 0 unspecified atom stereocenters. The summed E-state index contributed by atoms with van der Waals surface area (Å²) in [4.78, 5) is 21.8. The van der Waals surface area contributed by atoms with E-state index >= 15 is 0 Å². The van der Waals surface area contributed by atoms with E-state index in [1.165, 1.54) is 82.9 Å². The second kappa shape index (κ2) is 50.2. The van der Waals surface area contributed by atoms with Crippen LogP contribution in [0.3, 0.4) is 0 Å². The van der Waals surface area contributed by atoms with E-state index in [9.17, 15) is 48.3 Å². The van der Waals surface area contributed by atoms with Gasteiger partial charge in [-0.3, -0.25) is 0 Å². The average molecular weight is 2010 g/mol. The lowest BCUT2D eigenvalue weighted by Crippen LogP contribution is -1.90. The second-order valence-corrected chi connectivity index (χ2v) is 33.6. The number of hydrogen-bond acceptors (Lipinski definition) is 12. The van der Waals surface area contributed by atoms with Crippen molar-refractivity contribution in [2.75, 3.05) is 0 Å². The molecule has 0 N–H and O–H groups in total. The summed E-state index contributed by atoms with van der Waals surface area (Å²) in [6.45, 7) is 11.9. The Bertz CT molecular complexity index is 7950. The SMILES string of the molecule is Cc1ccc(-c2ccc(-c3cc(F)c(N=C=S)c(F)c3)c(F)c2)cc1.Cc1ccc(-c2ccc(-c3cc(F)c(N=C=S)c(F)c3)cc2)cc1.Cc1ccc(-c2ccc(-c3ccc(N=C=S)c(F)c3)c(F)c2)cc1.Cc1ccc(-c2ccc(-c3ccc(N=C=S)c(F)c3)cc2)cc1.Cc1ccc(-c2ccc(-c3ccc(N=C=S)cc3)c(F)c2)c(F)c1.Cc1ccc(-c2ccc(-c3ccc(N=C=S)cc3)c(F)c2)cc1. The van der Waals surface area contributed by atoms with Gasteiger partial charge >= 0.3 is 0 Å². The third-order valence-electron chi connectivity index (χ3n) is 22.6. The number of aryl methyl sites for hydroxylation is 6. The highest BCUT2D eigenvalue weighted by molar-refractivity contribution is 7.79. The fourth-order valence-corrected chi connectivity index (χ4v) is 15.5. The monoisotopic (exact) mass is 2000 g/mol. The van der Waals surface area contributed by atoms with Crippen molar-refractivity contribution in [2.45, 2.75) is 41.5 Å². The smallest absolute Gasteiger partial charge is 0.153 e. The summed E-state index contributed by atoms with van der Waals surface area (Å²) < 4.78 is 156. The Labute approximate surface area is 852 Å². The average Bonchev–Trinajstić information content (AvgIpc) is 1.16. The number of hydrogen-bond donors (Lipinski definition) is 0. The molecule has 0 saturated carbocycles. The van der Waals surface area contributed by atoms with Gasteiger partial charge in [0.05, 0.1) is 42.3 Å². The third kappa shape index (κ3) is 28.0. The van der Waals surface area contributed by atoms with Gasteiger partial charge in [-0.15, -0.1) is 0 Å². The topological polar surface area (TPSA) is 74.2 Å². The fourth-order valence-electron chi connectivity index (χ4n) is 14.9. The lowest BCUT2D eigenvalue weighted by Gasteiger charge is -2.09. The quantitative estimate of drug-likeness (QED) is 0.0484. The summed E-state index contributed by atoms with van der Waals surface area (Å²) >= 11 is 26.9.